The highest BCUT2D eigenvalue weighted by atomic mass is 19.1. The molecule has 0 N–H and O–H groups in total. The van der Waals surface area contributed by atoms with Crippen molar-refractivity contribution in [1.29, 1.82) is 0 Å². The number of nitro groups is 1. The summed E-state index contributed by atoms with van der Waals surface area (Å²) >= 11 is 0. The van der Waals surface area contributed by atoms with Crippen LogP contribution in [0.4, 0.5) is 10.1 Å². The maximum atomic E-state index is 13.5. The molecule has 0 spiro atoms. The molecule has 6 nitrogen and oxygen atoms in total. The van der Waals surface area contributed by atoms with Gasteiger partial charge in [0.2, 0.25) is 0 Å². The second-order valence-corrected chi connectivity index (χ2v) is 3.68. The van der Waals surface area contributed by atoms with Gasteiger partial charge < -0.3 is 4.74 Å². The van der Waals surface area contributed by atoms with Crippen molar-refractivity contribution in [2.24, 2.45) is 7.05 Å². The Hall–Kier alpha value is -2.44. The predicted molar refractivity (Wildman–Crippen MR) is 60.6 cm³/mol. The standard InChI is InChI=1S/C11H10FN3O3/c1-14-6-8(5-13-14)7-18-11-3-2-9(15(16)17)4-10(11)12/h2-6H,7H2,1H3. The molecule has 0 amide bonds. The van der Waals surface area contributed by atoms with Crippen LogP contribution in [0.1, 0.15) is 5.56 Å². The van der Waals surface area contributed by atoms with Crippen LogP contribution in [0.15, 0.2) is 30.6 Å². The average molecular weight is 251 g/mol. The Kier molecular flexibility index (Phi) is 3.22. The van der Waals surface area contributed by atoms with E-state index in [2.05, 4.69) is 5.10 Å². The highest BCUT2D eigenvalue weighted by molar-refractivity contribution is 5.37. The number of benzene rings is 1. The van der Waals surface area contributed by atoms with E-state index in [4.69, 9.17) is 4.74 Å². The number of halogens is 1. The van der Waals surface area contributed by atoms with Crippen molar-refractivity contribution in [2.45, 2.75) is 6.61 Å². The zero-order chi connectivity index (χ0) is 13.1. The molecule has 0 saturated carbocycles. The molecule has 1 aromatic heterocycles. The lowest BCUT2D eigenvalue weighted by atomic mass is 10.3. The normalized spacial score (nSPS) is 10.3. The zero-order valence-corrected chi connectivity index (χ0v) is 9.54. The topological polar surface area (TPSA) is 70.2 Å². The summed E-state index contributed by atoms with van der Waals surface area (Å²) in [6.07, 6.45) is 3.34. The van der Waals surface area contributed by atoms with Gasteiger partial charge in [-0.15, -0.1) is 0 Å². The van der Waals surface area contributed by atoms with Crippen LogP contribution in [0.3, 0.4) is 0 Å². The van der Waals surface area contributed by atoms with Gasteiger partial charge in [-0.2, -0.15) is 5.10 Å². The molecule has 1 aromatic carbocycles. The number of aryl methyl sites for hydroxylation is 1. The SMILES string of the molecule is Cn1cc(COc2ccc([N+](=O)[O-])cc2F)cn1. The summed E-state index contributed by atoms with van der Waals surface area (Å²) < 4.78 is 20.3. The predicted octanol–water partition coefficient (Wildman–Crippen LogP) is 2.05. The molecule has 0 aliphatic carbocycles. The van der Waals surface area contributed by atoms with E-state index in [0.717, 1.165) is 11.6 Å². The number of hydrogen-bond acceptors (Lipinski definition) is 4. The number of hydrogen-bond donors (Lipinski definition) is 0. The van der Waals surface area contributed by atoms with E-state index < -0.39 is 10.7 Å². The van der Waals surface area contributed by atoms with Gasteiger partial charge in [-0.25, -0.2) is 4.39 Å². The lowest BCUT2D eigenvalue weighted by molar-refractivity contribution is -0.385. The maximum Gasteiger partial charge on any atom is 0.272 e. The fraction of sp³-hybridized carbons (Fsp3) is 0.182. The van der Waals surface area contributed by atoms with E-state index in [1.165, 1.54) is 12.1 Å². The van der Waals surface area contributed by atoms with E-state index in [0.29, 0.717) is 0 Å². The minimum atomic E-state index is -0.756. The van der Waals surface area contributed by atoms with Gasteiger partial charge in [0, 0.05) is 24.9 Å². The number of aromatic nitrogens is 2. The Morgan fingerprint density at radius 1 is 1.56 bits per heavy atom. The molecule has 0 unspecified atom stereocenters. The number of nitrogens with zero attached hydrogens (tertiary/aromatic N) is 3. The summed E-state index contributed by atoms with van der Waals surface area (Å²) in [5.74, 6) is -0.780. The van der Waals surface area contributed by atoms with Crippen LogP contribution in [0.5, 0.6) is 5.75 Å². The summed E-state index contributed by atoms with van der Waals surface area (Å²) in [7, 11) is 1.76. The van der Waals surface area contributed by atoms with E-state index in [1.807, 2.05) is 0 Å². The monoisotopic (exact) mass is 251 g/mol. The van der Waals surface area contributed by atoms with E-state index in [9.17, 15) is 14.5 Å². The Morgan fingerprint density at radius 3 is 2.89 bits per heavy atom. The fourth-order valence-electron chi connectivity index (χ4n) is 1.43. The van der Waals surface area contributed by atoms with Gasteiger partial charge in [-0.3, -0.25) is 14.8 Å². The third-order valence-corrected chi connectivity index (χ3v) is 2.28. The third kappa shape index (κ3) is 2.62. The van der Waals surface area contributed by atoms with Crippen LogP contribution >= 0.6 is 0 Å². The summed E-state index contributed by atoms with van der Waals surface area (Å²) in [4.78, 5) is 9.77. The molecule has 94 valence electrons. The largest absolute Gasteiger partial charge is 0.486 e. The maximum absolute atomic E-state index is 13.5. The molecule has 2 rings (SSSR count). The Balaban J connectivity index is 2.08. The minimum Gasteiger partial charge on any atom is -0.486 e. The third-order valence-electron chi connectivity index (χ3n) is 2.28. The fourth-order valence-corrected chi connectivity index (χ4v) is 1.43. The van der Waals surface area contributed by atoms with Crippen molar-refractivity contribution >= 4 is 5.69 Å². The van der Waals surface area contributed by atoms with Gasteiger partial charge in [0.25, 0.3) is 5.69 Å². The highest BCUT2D eigenvalue weighted by Crippen LogP contribution is 2.23. The molecule has 7 heteroatoms. The van der Waals surface area contributed by atoms with Gasteiger partial charge in [-0.1, -0.05) is 0 Å². The van der Waals surface area contributed by atoms with Crippen molar-refractivity contribution in [2.75, 3.05) is 0 Å². The summed E-state index contributed by atoms with van der Waals surface area (Å²) in [5, 5.41) is 14.4. The zero-order valence-electron chi connectivity index (χ0n) is 9.54. The molecule has 0 bridgehead atoms. The van der Waals surface area contributed by atoms with E-state index in [-0.39, 0.29) is 18.0 Å². The van der Waals surface area contributed by atoms with Gasteiger partial charge in [-0.05, 0) is 6.07 Å². The quantitative estimate of drug-likeness (QED) is 0.616. The first-order valence-corrected chi connectivity index (χ1v) is 5.10. The van der Waals surface area contributed by atoms with E-state index >= 15 is 0 Å². The van der Waals surface area contributed by atoms with Gasteiger partial charge >= 0.3 is 0 Å². The number of nitro benzene ring substituents is 1. The van der Waals surface area contributed by atoms with Crippen molar-refractivity contribution in [3.05, 3.63) is 52.1 Å². The smallest absolute Gasteiger partial charge is 0.272 e. The molecular formula is C11H10FN3O3. The lowest BCUT2D eigenvalue weighted by Crippen LogP contribution is -1.97. The van der Waals surface area contributed by atoms with Crippen LogP contribution in [-0.4, -0.2) is 14.7 Å². The van der Waals surface area contributed by atoms with Crippen molar-refractivity contribution < 1.29 is 14.1 Å². The summed E-state index contributed by atoms with van der Waals surface area (Å²) in [6, 6.07) is 3.27. The first-order chi connectivity index (χ1) is 8.56. The molecule has 0 aliphatic rings. The second kappa shape index (κ2) is 4.82. The molecule has 1 heterocycles. The van der Waals surface area contributed by atoms with E-state index in [1.54, 1.807) is 24.1 Å². The van der Waals surface area contributed by atoms with Crippen LogP contribution in [0.25, 0.3) is 0 Å². The molecule has 18 heavy (non-hydrogen) atoms. The van der Waals surface area contributed by atoms with Crippen LogP contribution in [-0.2, 0) is 13.7 Å². The van der Waals surface area contributed by atoms with Gasteiger partial charge in [0.1, 0.15) is 6.61 Å². The highest BCUT2D eigenvalue weighted by Gasteiger charge is 2.11. The lowest BCUT2D eigenvalue weighted by Gasteiger charge is -2.05. The van der Waals surface area contributed by atoms with Crippen molar-refractivity contribution in [1.82, 2.24) is 9.78 Å². The molecule has 0 aliphatic heterocycles. The Bertz CT molecular complexity index is 583. The molecule has 0 atom stereocenters. The van der Waals surface area contributed by atoms with Crippen LogP contribution < -0.4 is 4.74 Å². The number of rotatable bonds is 4. The van der Waals surface area contributed by atoms with Crippen LogP contribution in [0.2, 0.25) is 0 Å². The molecular weight excluding hydrogens is 241 g/mol. The van der Waals surface area contributed by atoms with Gasteiger partial charge in [0.05, 0.1) is 17.2 Å². The molecule has 2 aromatic rings. The minimum absolute atomic E-state index is 0.0237. The second-order valence-electron chi connectivity index (χ2n) is 3.68. The summed E-state index contributed by atoms with van der Waals surface area (Å²) in [5.41, 5.74) is 0.483. The number of ether oxygens (including phenoxy) is 1. The average Bonchev–Trinajstić information content (AvgIpc) is 2.73. The van der Waals surface area contributed by atoms with Crippen molar-refractivity contribution in [3.63, 3.8) is 0 Å². The molecule has 0 radical (unpaired) electrons. The Labute approximate surface area is 102 Å². The molecule has 0 fully saturated rings. The molecule has 0 saturated heterocycles. The number of non-ortho nitro benzene ring substituents is 1. The van der Waals surface area contributed by atoms with Gasteiger partial charge in [0.15, 0.2) is 11.6 Å². The first kappa shape index (κ1) is 12.0. The first-order valence-electron chi connectivity index (χ1n) is 5.10. The van der Waals surface area contributed by atoms with Crippen LogP contribution in [0, 0.1) is 15.9 Å². The van der Waals surface area contributed by atoms with Crippen molar-refractivity contribution in [3.8, 4) is 5.75 Å². The summed E-state index contributed by atoms with van der Waals surface area (Å²) in [6.45, 7) is 0.155. The Morgan fingerprint density at radius 2 is 2.33 bits per heavy atom.